The minimum absolute atomic E-state index is 0.121. The molecule has 0 bridgehead atoms. The first-order valence-electron chi connectivity index (χ1n) is 4.17. The highest BCUT2D eigenvalue weighted by molar-refractivity contribution is 5.84. The number of rotatable bonds is 1. The molecule has 5 nitrogen and oxygen atoms in total. The number of nitro benzene ring substituents is 1. The summed E-state index contributed by atoms with van der Waals surface area (Å²) in [5.74, 6) is 0. The van der Waals surface area contributed by atoms with Crippen LogP contribution in [0.15, 0.2) is 18.3 Å². The van der Waals surface area contributed by atoms with Crippen LogP contribution in [-0.2, 0) is 7.05 Å². The van der Waals surface area contributed by atoms with Gasteiger partial charge in [0.1, 0.15) is 5.52 Å². The number of nitro groups is 1. The fraction of sp³-hybridized carbons (Fsp3) is 0.222. The van der Waals surface area contributed by atoms with Gasteiger partial charge in [0.05, 0.1) is 10.5 Å². The summed E-state index contributed by atoms with van der Waals surface area (Å²) in [5.41, 5.74) is 1.44. The summed E-state index contributed by atoms with van der Waals surface area (Å²) in [5, 5.41) is 15.7. The highest BCUT2D eigenvalue weighted by Gasteiger charge is 2.14. The number of nitrogens with zero attached hydrogens (tertiary/aromatic N) is 3. The summed E-state index contributed by atoms with van der Waals surface area (Å²) >= 11 is 0. The van der Waals surface area contributed by atoms with E-state index in [0.29, 0.717) is 11.1 Å². The van der Waals surface area contributed by atoms with E-state index >= 15 is 0 Å². The molecule has 0 fully saturated rings. The number of fused-ring (bicyclic) bond motifs is 1. The van der Waals surface area contributed by atoms with Gasteiger partial charge in [0.2, 0.25) is 0 Å². The predicted molar refractivity (Wildman–Crippen MR) is 52.1 cm³/mol. The van der Waals surface area contributed by atoms with Crippen molar-refractivity contribution in [2.75, 3.05) is 0 Å². The second kappa shape index (κ2) is 2.80. The van der Waals surface area contributed by atoms with Crippen LogP contribution in [0.5, 0.6) is 0 Å². The van der Waals surface area contributed by atoms with Crippen molar-refractivity contribution in [3.05, 3.63) is 34.0 Å². The zero-order valence-electron chi connectivity index (χ0n) is 7.89. The first-order valence-corrected chi connectivity index (χ1v) is 4.17. The molecule has 0 aliphatic carbocycles. The van der Waals surface area contributed by atoms with Gasteiger partial charge < -0.3 is 0 Å². The Morgan fingerprint density at radius 2 is 2.21 bits per heavy atom. The summed E-state index contributed by atoms with van der Waals surface area (Å²) in [6.45, 7) is 1.72. The van der Waals surface area contributed by atoms with Crippen LogP contribution in [-0.4, -0.2) is 14.7 Å². The van der Waals surface area contributed by atoms with E-state index in [0.717, 1.165) is 5.39 Å². The molecule has 0 spiro atoms. The lowest BCUT2D eigenvalue weighted by Gasteiger charge is -1.96. The van der Waals surface area contributed by atoms with Gasteiger partial charge in [-0.05, 0) is 13.0 Å². The zero-order chi connectivity index (χ0) is 10.3. The highest BCUT2D eigenvalue weighted by Crippen LogP contribution is 2.25. The smallest absolute Gasteiger partial charge is 0.274 e. The second-order valence-corrected chi connectivity index (χ2v) is 3.21. The normalized spacial score (nSPS) is 10.7. The molecule has 0 saturated heterocycles. The fourth-order valence-electron chi connectivity index (χ4n) is 1.53. The lowest BCUT2D eigenvalue weighted by molar-refractivity contribution is -0.385. The number of benzene rings is 1. The molecule has 72 valence electrons. The molecule has 0 amide bonds. The molecule has 0 aliphatic rings. The Morgan fingerprint density at radius 1 is 1.50 bits per heavy atom. The van der Waals surface area contributed by atoms with Gasteiger partial charge in [-0.3, -0.25) is 14.8 Å². The van der Waals surface area contributed by atoms with Crippen LogP contribution >= 0.6 is 0 Å². The van der Waals surface area contributed by atoms with Crippen molar-refractivity contribution in [3.8, 4) is 0 Å². The minimum atomic E-state index is -0.385. The maximum Gasteiger partial charge on any atom is 0.274 e. The summed E-state index contributed by atoms with van der Waals surface area (Å²) in [6, 6.07) is 3.23. The number of aryl methyl sites for hydroxylation is 2. The van der Waals surface area contributed by atoms with E-state index in [2.05, 4.69) is 5.10 Å². The molecule has 2 aromatic rings. The molecule has 1 aromatic heterocycles. The topological polar surface area (TPSA) is 61.0 Å². The Kier molecular flexibility index (Phi) is 1.73. The first kappa shape index (κ1) is 8.68. The van der Waals surface area contributed by atoms with Gasteiger partial charge in [-0.15, -0.1) is 0 Å². The van der Waals surface area contributed by atoms with Crippen LogP contribution in [0.4, 0.5) is 5.69 Å². The Bertz CT molecular complexity index is 516. The van der Waals surface area contributed by atoms with Gasteiger partial charge in [-0.1, -0.05) is 0 Å². The average molecular weight is 191 g/mol. The van der Waals surface area contributed by atoms with Gasteiger partial charge in [0.25, 0.3) is 5.69 Å². The van der Waals surface area contributed by atoms with Gasteiger partial charge in [0, 0.05) is 24.7 Å². The van der Waals surface area contributed by atoms with Crippen molar-refractivity contribution in [1.29, 1.82) is 0 Å². The molecule has 0 unspecified atom stereocenters. The molecule has 5 heteroatoms. The maximum absolute atomic E-state index is 10.6. The summed E-state index contributed by atoms with van der Waals surface area (Å²) in [7, 11) is 1.80. The van der Waals surface area contributed by atoms with Gasteiger partial charge in [-0.25, -0.2) is 0 Å². The Labute approximate surface area is 80.1 Å². The molecular weight excluding hydrogens is 182 g/mol. The predicted octanol–water partition coefficient (Wildman–Crippen LogP) is 1.79. The molecule has 0 N–H and O–H groups in total. The van der Waals surface area contributed by atoms with E-state index < -0.39 is 0 Å². The molecule has 0 radical (unpaired) electrons. The molecule has 0 aliphatic heterocycles. The molecule has 0 saturated carbocycles. The minimum Gasteiger partial charge on any atom is -0.275 e. The van der Waals surface area contributed by atoms with E-state index in [-0.39, 0.29) is 10.6 Å². The molecule has 14 heavy (non-hydrogen) atoms. The Balaban J connectivity index is 2.80. The Morgan fingerprint density at radius 3 is 2.86 bits per heavy atom. The molecule has 1 aromatic carbocycles. The van der Waals surface area contributed by atoms with Crippen LogP contribution < -0.4 is 0 Å². The third kappa shape index (κ3) is 1.14. The van der Waals surface area contributed by atoms with Crippen molar-refractivity contribution in [3.63, 3.8) is 0 Å². The summed E-state index contributed by atoms with van der Waals surface area (Å²) in [6.07, 6.45) is 1.84. The molecule has 2 rings (SSSR count). The fourth-order valence-corrected chi connectivity index (χ4v) is 1.53. The molecule has 0 atom stereocenters. The second-order valence-electron chi connectivity index (χ2n) is 3.21. The van der Waals surface area contributed by atoms with E-state index in [1.807, 2.05) is 6.20 Å². The monoisotopic (exact) mass is 191 g/mol. The van der Waals surface area contributed by atoms with E-state index in [1.165, 1.54) is 6.07 Å². The number of hydrogen-bond donors (Lipinski definition) is 0. The average Bonchev–Trinajstić information content (AvgIpc) is 2.46. The zero-order valence-corrected chi connectivity index (χ0v) is 7.89. The molecular formula is C9H9N3O2. The summed E-state index contributed by atoms with van der Waals surface area (Å²) < 4.78 is 1.65. The number of hydrogen-bond acceptors (Lipinski definition) is 3. The van der Waals surface area contributed by atoms with E-state index in [9.17, 15) is 10.1 Å². The lowest BCUT2D eigenvalue weighted by Crippen LogP contribution is -1.92. The first-order chi connectivity index (χ1) is 6.59. The van der Waals surface area contributed by atoms with Crippen LogP contribution in [0.2, 0.25) is 0 Å². The van der Waals surface area contributed by atoms with E-state index in [4.69, 9.17) is 0 Å². The van der Waals surface area contributed by atoms with Gasteiger partial charge in [0.15, 0.2) is 0 Å². The third-order valence-corrected chi connectivity index (χ3v) is 2.21. The van der Waals surface area contributed by atoms with Gasteiger partial charge >= 0.3 is 0 Å². The van der Waals surface area contributed by atoms with E-state index in [1.54, 1.807) is 24.7 Å². The van der Waals surface area contributed by atoms with Crippen LogP contribution in [0.1, 0.15) is 5.56 Å². The van der Waals surface area contributed by atoms with Crippen molar-refractivity contribution < 1.29 is 4.92 Å². The van der Waals surface area contributed by atoms with Crippen LogP contribution in [0.25, 0.3) is 10.9 Å². The Hall–Kier alpha value is -1.91. The van der Waals surface area contributed by atoms with Crippen LogP contribution in [0.3, 0.4) is 0 Å². The van der Waals surface area contributed by atoms with Gasteiger partial charge in [-0.2, -0.15) is 5.10 Å². The quantitative estimate of drug-likeness (QED) is 0.510. The lowest BCUT2D eigenvalue weighted by atomic mass is 10.1. The third-order valence-electron chi connectivity index (χ3n) is 2.21. The summed E-state index contributed by atoms with van der Waals surface area (Å²) in [4.78, 5) is 10.3. The van der Waals surface area contributed by atoms with Crippen molar-refractivity contribution >= 4 is 16.6 Å². The van der Waals surface area contributed by atoms with Crippen molar-refractivity contribution in [2.24, 2.45) is 7.05 Å². The van der Waals surface area contributed by atoms with Crippen molar-refractivity contribution in [1.82, 2.24) is 9.78 Å². The largest absolute Gasteiger partial charge is 0.275 e. The SMILES string of the molecule is Cc1c([N+](=O)[O-])ccc2cn(C)nc12. The standard InChI is InChI=1S/C9H9N3O2/c1-6-8(12(13)14)4-3-7-5-11(2)10-9(6)7/h3-5H,1-2H3. The van der Waals surface area contributed by atoms with Crippen LogP contribution in [0, 0.1) is 17.0 Å². The maximum atomic E-state index is 10.6. The van der Waals surface area contributed by atoms with Crippen molar-refractivity contribution in [2.45, 2.75) is 6.92 Å². The number of aromatic nitrogens is 2. The molecule has 1 heterocycles. The highest BCUT2D eigenvalue weighted by atomic mass is 16.6.